The first-order valence-electron chi connectivity index (χ1n) is 7.15. The van der Waals surface area contributed by atoms with Gasteiger partial charge in [0, 0.05) is 23.7 Å². The Bertz CT molecular complexity index is 624. The first-order valence-corrected chi connectivity index (χ1v) is 7.15. The summed E-state index contributed by atoms with van der Waals surface area (Å²) < 4.78 is 1.91. The molecule has 0 atom stereocenters. The fourth-order valence-corrected chi connectivity index (χ4v) is 1.92. The van der Waals surface area contributed by atoms with Crippen LogP contribution in [-0.2, 0) is 12.0 Å². The molecule has 21 heavy (non-hydrogen) atoms. The van der Waals surface area contributed by atoms with Crippen molar-refractivity contribution in [3.05, 3.63) is 29.3 Å². The Kier molecular flexibility index (Phi) is 4.16. The molecule has 0 saturated heterocycles. The molecule has 0 radical (unpaired) electrons. The predicted octanol–water partition coefficient (Wildman–Crippen LogP) is 2.28. The van der Waals surface area contributed by atoms with Crippen molar-refractivity contribution in [3.8, 4) is 0 Å². The lowest BCUT2D eigenvalue weighted by atomic mass is 9.95. The number of rotatable bonds is 4. The minimum atomic E-state index is -0.128. The fourth-order valence-electron chi connectivity index (χ4n) is 1.92. The van der Waals surface area contributed by atoms with Crippen molar-refractivity contribution in [2.45, 2.75) is 46.6 Å². The largest absolute Gasteiger partial charge is 0.383 e. The number of hydrogen-bond acceptors (Lipinski definition) is 5. The van der Waals surface area contributed by atoms with Gasteiger partial charge >= 0.3 is 0 Å². The monoisotopic (exact) mass is 288 g/mol. The highest BCUT2D eigenvalue weighted by Gasteiger charge is 2.20. The quantitative estimate of drug-likeness (QED) is 0.902. The standard InChI is InChI=1S/C15H24N6/c1-10-8-18-21(9-10)7-6-17-13-11(2)12(16)19-14(20-13)15(3,4)5/h8-9H,6-7H2,1-5H3,(H3,16,17,19,20). The molecule has 0 aromatic carbocycles. The first-order chi connectivity index (χ1) is 9.77. The van der Waals surface area contributed by atoms with Gasteiger partial charge in [-0.1, -0.05) is 20.8 Å². The minimum absolute atomic E-state index is 0.128. The van der Waals surface area contributed by atoms with Gasteiger partial charge in [-0.05, 0) is 19.4 Å². The molecule has 0 aliphatic carbocycles. The second kappa shape index (κ2) is 5.71. The first kappa shape index (κ1) is 15.3. The van der Waals surface area contributed by atoms with Crippen molar-refractivity contribution in [2.24, 2.45) is 0 Å². The van der Waals surface area contributed by atoms with Gasteiger partial charge in [0.25, 0.3) is 0 Å². The minimum Gasteiger partial charge on any atom is -0.383 e. The van der Waals surface area contributed by atoms with Gasteiger partial charge in [0.15, 0.2) is 0 Å². The predicted molar refractivity (Wildman–Crippen MR) is 85.3 cm³/mol. The molecule has 2 aromatic heterocycles. The normalized spacial score (nSPS) is 11.7. The van der Waals surface area contributed by atoms with Crippen LogP contribution >= 0.6 is 0 Å². The van der Waals surface area contributed by atoms with E-state index in [1.54, 1.807) is 0 Å². The summed E-state index contributed by atoms with van der Waals surface area (Å²) in [5, 5.41) is 7.60. The van der Waals surface area contributed by atoms with Crippen LogP contribution in [0.5, 0.6) is 0 Å². The second-order valence-corrected chi connectivity index (χ2v) is 6.36. The van der Waals surface area contributed by atoms with Gasteiger partial charge in [-0.25, -0.2) is 9.97 Å². The van der Waals surface area contributed by atoms with Crippen molar-refractivity contribution >= 4 is 11.6 Å². The summed E-state index contributed by atoms with van der Waals surface area (Å²) in [7, 11) is 0. The van der Waals surface area contributed by atoms with E-state index in [0.29, 0.717) is 5.82 Å². The Morgan fingerprint density at radius 2 is 1.95 bits per heavy atom. The van der Waals surface area contributed by atoms with Crippen molar-refractivity contribution in [2.75, 3.05) is 17.6 Å². The van der Waals surface area contributed by atoms with Crippen molar-refractivity contribution < 1.29 is 0 Å². The summed E-state index contributed by atoms with van der Waals surface area (Å²) in [5.74, 6) is 2.09. The molecule has 3 N–H and O–H groups in total. The van der Waals surface area contributed by atoms with E-state index in [1.807, 2.05) is 30.9 Å². The van der Waals surface area contributed by atoms with Crippen LogP contribution < -0.4 is 11.1 Å². The van der Waals surface area contributed by atoms with Crippen LogP contribution in [0, 0.1) is 13.8 Å². The van der Waals surface area contributed by atoms with E-state index in [1.165, 1.54) is 0 Å². The maximum atomic E-state index is 6.00. The summed E-state index contributed by atoms with van der Waals surface area (Å²) in [6.07, 6.45) is 3.87. The van der Waals surface area contributed by atoms with E-state index in [4.69, 9.17) is 5.73 Å². The zero-order chi connectivity index (χ0) is 15.6. The zero-order valence-corrected chi connectivity index (χ0v) is 13.4. The molecule has 114 valence electrons. The lowest BCUT2D eigenvalue weighted by Gasteiger charge is -2.19. The van der Waals surface area contributed by atoms with E-state index in [2.05, 4.69) is 41.2 Å². The third-order valence-corrected chi connectivity index (χ3v) is 3.25. The topological polar surface area (TPSA) is 81.7 Å². The number of nitrogens with one attached hydrogen (secondary N) is 1. The van der Waals surface area contributed by atoms with Crippen LogP contribution in [0.25, 0.3) is 0 Å². The number of nitrogens with two attached hydrogens (primary N) is 1. The maximum Gasteiger partial charge on any atom is 0.138 e. The highest BCUT2D eigenvalue weighted by molar-refractivity contribution is 5.55. The summed E-state index contributed by atoms with van der Waals surface area (Å²) >= 11 is 0. The Hall–Kier alpha value is -2.11. The molecule has 0 unspecified atom stereocenters. The smallest absolute Gasteiger partial charge is 0.138 e. The van der Waals surface area contributed by atoms with Gasteiger partial charge in [0.2, 0.25) is 0 Å². The molecule has 0 amide bonds. The SMILES string of the molecule is Cc1cnn(CCNc2nc(C(C)(C)C)nc(N)c2C)c1. The number of anilines is 2. The molecule has 6 heteroatoms. The van der Waals surface area contributed by atoms with Crippen LogP contribution in [0.3, 0.4) is 0 Å². The van der Waals surface area contributed by atoms with Crippen LogP contribution in [-0.4, -0.2) is 26.3 Å². The van der Waals surface area contributed by atoms with Crippen LogP contribution in [0.2, 0.25) is 0 Å². The van der Waals surface area contributed by atoms with E-state index < -0.39 is 0 Å². The van der Waals surface area contributed by atoms with Gasteiger partial charge in [-0.15, -0.1) is 0 Å². The lowest BCUT2D eigenvalue weighted by molar-refractivity contribution is 0.546. The molecular formula is C15H24N6. The summed E-state index contributed by atoms with van der Waals surface area (Å²) in [6.45, 7) is 11.7. The molecule has 0 aliphatic heterocycles. The zero-order valence-electron chi connectivity index (χ0n) is 13.4. The van der Waals surface area contributed by atoms with Crippen molar-refractivity contribution in [1.29, 1.82) is 0 Å². The van der Waals surface area contributed by atoms with E-state index >= 15 is 0 Å². The second-order valence-electron chi connectivity index (χ2n) is 6.36. The summed E-state index contributed by atoms with van der Waals surface area (Å²) in [4.78, 5) is 8.99. The van der Waals surface area contributed by atoms with Gasteiger partial charge < -0.3 is 11.1 Å². The van der Waals surface area contributed by atoms with Crippen molar-refractivity contribution in [3.63, 3.8) is 0 Å². The average molecular weight is 288 g/mol. The average Bonchev–Trinajstić information content (AvgIpc) is 2.79. The fraction of sp³-hybridized carbons (Fsp3) is 0.533. The molecule has 6 nitrogen and oxygen atoms in total. The molecule has 2 heterocycles. The highest BCUT2D eigenvalue weighted by atomic mass is 15.3. The lowest BCUT2D eigenvalue weighted by Crippen LogP contribution is -2.20. The Morgan fingerprint density at radius 3 is 2.52 bits per heavy atom. The summed E-state index contributed by atoms with van der Waals surface area (Å²) in [6, 6.07) is 0. The number of nitrogen functional groups attached to an aromatic ring is 1. The van der Waals surface area contributed by atoms with Crippen molar-refractivity contribution in [1.82, 2.24) is 19.7 Å². The Morgan fingerprint density at radius 1 is 1.24 bits per heavy atom. The number of hydrogen-bond donors (Lipinski definition) is 2. The van der Waals surface area contributed by atoms with Crippen LogP contribution in [0.15, 0.2) is 12.4 Å². The third kappa shape index (κ3) is 3.71. The van der Waals surface area contributed by atoms with Crippen LogP contribution in [0.4, 0.5) is 11.6 Å². The molecule has 2 aromatic rings. The molecule has 0 aliphatic rings. The third-order valence-electron chi connectivity index (χ3n) is 3.25. The van der Waals surface area contributed by atoms with Gasteiger partial charge in [0.1, 0.15) is 17.5 Å². The molecule has 2 rings (SSSR count). The van der Waals surface area contributed by atoms with Gasteiger partial charge in [-0.2, -0.15) is 5.10 Å². The number of nitrogens with zero attached hydrogens (tertiary/aromatic N) is 4. The Labute approximate surface area is 125 Å². The maximum absolute atomic E-state index is 6.00. The summed E-state index contributed by atoms with van der Waals surface area (Å²) in [5.41, 5.74) is 7.92. The molecular weight excluding hydrogens is 264 g/mol. The molecule has 0 bridgehead atoms. The number of aromatic nitrogens is 4. The van der Waals surface area contributed by atoms with Gasteiger partial charge in [0.05, 0.1) is 12.7 Å². The van der Waals surface area contributed by atoms with E-state index in [0.717, 1.165) is 35.9 Å². The number of aryl methyl sites for hydroxylation is 1. The van der Waals surface area contributed by atoms with E-state index in [9.17, 15) is 0 Å². The molecule has 0 fully saturated rings. The Balaban J connectivity index is 2.10. The molecule has 0 saturated carbocycles. The van der Waals surface area contributed by atoms with E-state index in [-0.39, 0.29) is 5.41 Å². The van der Waals surface area contributed by atoms with Crippen LogP contribution in [0.1, 0.15) is 37.7 Å². The molecule has 0 spiro atoms. The van der Waals surface area contributed by atoms with Gasteiger partial charge in [-0.3, -0.25) is 4.68 Å². The highest BCUT2D eigenvalue weighted by Crippen LogP contribution is 2.24.